The van der Waals surface area contributed by atoms with Crippen LogP contribution in [-0.4, -0.2) is 40.0 Å². The SMILES string of the molecule is O=S1(=O)CCN(S(=O)(=O)c2ccc(Cl)s2)CC[C@@H]1c1cccs1. The molecule has 3 heterocycles. The van der Waals surface area contributed by atoms with Crippen molar-refractivity contribution in [2.24, 2.45) is 0 Å². The minimum Gasteiger partial charge on any atom is -0.228 e. The molecule has 1 saturated heterocycles. The highest BCUT2D eigenvalue weighted by Crippen LogP contribution is 2.35. The van der Waals surface area contributed by atoms with Gasteiger partial charge in [0.25, 0.3) is 10.0 Å². The molecular formula is C13H14ClNO4S4. The van der Waals surface area contributed by atoms with E-state index in [1.807, 2.05) is 11.4 Å². The van der Waals surface area contributed by atoms with Crippen LogP contribution >= 0.6 is 34.3 Å². The van der Waals surface area contributed by atoms with Crippen molar-refractivity contribution in [3.8, 4) is 0 Å². The Labute approximate surface area is 148 Å². The molecule has 2 aromatic heterocycles. The third-order valence-electron chi connectivity index (χ3n) is 3.70. The van der Waals surface area contributed by atoms with Gasteiger partial charge in [-0.2, -0.15) is 4.31 Å². The lowest BCUT2D eigenvalue weighted by Gasteiger charge is -2.18. The molecule has 1 aliphatic rings. The summed E-state index contributed by atoms with van der Waals surface area (Å²) in [6.07, 6.45) is 0.265. The molecule has 1 aliphatic heterocycles. The van der Waals surface area contributed by atoms with E-state index < -0.39 is 25.1 Å². The molecule has 0 aromatic carbocycles. The third kappa shape index (κ3) is 3.49. The van der Waals surface area contributed by atoms with E-state index in [9.17, 15) is 16.8 Å². The van der Waals surface area contributed by atoms with Crippen molar-refractivity contribution in [1.29, 1.82) is 0 Å². The number of sulfone groups is 1. The molecule has 1 fully saturated rings. The molecule has 23 heavy (non-hydrogen) atoms. The van der Waals surface area contributed by atoms with E-state index in [4.69, 9.17) is 11.6 Å². The summed E-state index contributed by atoms with van der Waals surface area (Å²) in [5, 5.41) is 1.20. The van der Waals surface area contributed by atoms with Gasteiger partial charge in [0.1, 0.15) is 4.21 Å². The number of hydrogen-bond acceptors (Lipinski definition) is 6. The second-order valence-electron chi connectivity index (χ2n) is 5.12. The van der Waals surface area contributed by atoms with Crippen LogP contribution < -0.4 is 0 Å². The van der Waals surface area contributed by atoms with Crippen LogP contribution in [-0.2, 0) is 19.9 Å². The maximum atomic E-state index is 12.6. The average molecular weight is 412 g/mol. The minimum atomic E-state index is -3.70. The molecule has 2 aromatic rings. The molecule has 0 aliphatic carbocycles. The van der Waals surface area contributed by atoms with E-state index in [1.54, 1.807) is 6.07 Å². The normalized spacial score (nSPS) is 22.7. The van der Waals surface area contributed by atoms with E-state index in [-0.39, 0.29) is 29.5 Å². The van der Waals surface area contributed by atoms with Crippen molar-refractivity contribution in [2.45, 2.75) is 15.9 Å². The van der Waals surface area contributed by atoms with Gasteiger partial charge in [0.05, 0.1) is 15.3 Å². The lowest BCUT2D eigenvalue weighted by Crippen LogP contribution is -2.33. The zero-order valence-electron chi connectivity index (χ0n) is 11.9. The van der Waals surface area contributed by atoms with Gasteiger partial charge in [-0.25, -0.2) is 16.8 Å². The Hall–Kier alpha value is -0.450. The van der Waals surface area contributed by atoms with E-state index in [2.05, 4.69) is 0 Å². The summed E-state index contributed by atoms with van der Waals surface area (Å²) < 4.78 is 52.0. The Balaban J connectivity index is 1.88. The topological polar surface area (TPSA) is 71.5 Å². The van der Waals surface area contributed by atoms with Gasteiger partial charge in [0.2, 0.25) is 0 Å². The zero-order chi connectivity index (χ0) is 16.7. The molecule has 126 valence electrons. The number of hydrogen-bond donors (Lipinski definition) is 0. The fourth-order valence-electron chi connectivity index (χ4n) is 2.52. The molecule has 0 radical (unpaired) electrons. The average Bonchev–Trinajstić information content (AvgIpc) is 3.10. The Kier molecular flexibility index (Phi) is 4.88. The van der Waals surface area contributed by atoms with Crippen LogP contribution in [0.5, 0.6) is 0 Å². The zero-order valence-corrected chi connectivity index (χ0v) is 15.9. The van der Waals surface area contributed by atoms with Gasteiger partial charge >= 0.3 is 0 Å². The van der Waals surface area contributed by atoms with Crippen molar-refractivity contribution in [2.75, 3.05) is 18.8 Å². The highest BCUT2D eigenvalue weighted by Gasteiger charge is 2.36. The summed E-state index contributed by atoms with van der Waals surface area (Å²) in [6.45, 7) is 0.154. The van der Waals surface area contributed by atoms with Crippen LogP contribution in [0.1, 0.15) is 16.5 Å². The van der Waals surface area contributed by atoms with E-state index in [1.165, 1.54) is 27.8 Å². The van der Waals surface area contributed by atoms with Crippen molar-refractivity contribution in [3.05, 3.63) is 38.9 Å². The van der Waals surface area contributed by atoms with Crippen molar-refractivity contribution in [3.63, 3.8) is 0 Å². The van der Waals surface area contributed by atoms with Crippen LogP contribution in [0.4, 0.5) is 0 Å². The van der Waals surface area contributed by atoms with Crippen LogP contribution in [0.3, 0.4) is 0 Å². The first kappa shape index (κ1) is 17.4. The fraction of sp³-hybridized carbons (Fsp3) is 0.385. The predicted molar refractivity (Wildman–Crippen MR) is 93.6 cm³/mol. The van der Waals surface area contributed by atoms with Crippen molar-refractivity contribution in [1.82, 2.24) is 4.31 Å². The summed E-state index contributed by atoms with van der Waals surface area (Å²) in [7, 11) is -7.07. The summed E-state index contributed by atoms with van der Waals surface area (Å²) in [5.74, 6) is -0.173. The van der Waals surface area contributed by atoms with E-state index >= 15 is 0 Å². The molecule has 0 saturated carbocycles. The van der Waals surface area contributed by atoms with E-state index in [0.29, 0.717) is 4.34 Å². The van der Waals surface area contributed by atoms with Gasteiger partial charge in [-0.05, 0) is 30.0 Å². The molecule has 0 spiro atoms. The lowest BCUT2D eigenvalue weighted by atomic mass is 10.2. The molecule has 0 unspecified atom stereocenters. The molecule has 10 heteroatoms. The summed E-state index contributed by atoms with van der Waals surface area (Å²) in [5.41, 5.74) is 0. The summed E-state index contributed by atoms with van der Waals surface area (Å²) >= 11 is 8.18. The van der Waals surface area contributed by atoms with Gasteiger partial charge in [-0.1, -0.05) is 17.7 Å². The van der Waals surface area contributed by atoms with Gasteiger partial charge in [0.15, 0.2) is 9.84 Å². The van der Waals surface area contributed by atoms with Crippen LogP contribution in [0.25, 0.3) is 0 Å². The van der Waals surface area contributed by atoms with Crippen molar-refractivity contribution < 1.29 is 16.8 Å². The van der Waals surface area contributed by atoms with Crippen molar-refractivity contribution >= 4 is 54.1 Å². The Bertz CT molecular complexity index is 886. The largest absolute Gasteiger partial charge is 0.252 e. The molecular weight excluding hydrogens is 398 g/mol. The Morgan fingerprint density at radius 3 is 2.61 bits per heavy atom. The molecule has 3 rings (SSSR count). The first-order chi connectivity index (χ1) is 10.8. The number of rotatable bonds is 3. The predicted octanol–water partition coefficient (Wildman–Crippen LogP) is 3.01. The summed E-state index contributed by atoms with van der Waals surface area (Å²) in [6, 6.07) is 6.58. The minimum absolute atomic E-state index is 0.0257. The Morgan fingerprint density at radius 2 is 2.00 bits per heavy atom. The molecule has 0 bridgehead atoms. The van der Waals surface area contributed by atoms with Gasteiger partial charge in [-0.15, -0.1) is 22.7 Å². The smallest absolute Gasteiger partial charge is 0.228 e. The van der Waals surface area contributed by atoms with Crippen LogP contribution in [0, 0.1) is 0 Å². The highest BCUT2D eigenvalue weighted by molar-refractivity contribution is 7.92. The maximum Gasteiger partial charge on any atom is 0.252 e. The third-order valence-corrected chi connectivity index (χ3v) is 10.5. The van der Waals surface area contributed by atoms with E-state index in [0.717, 1.165) is 16.2 Å². The molecule has 0 N–H and O–H groups in total. The van der Waals surface area contributed by atoms with Crippen LogP contribution in [0.2, 0.25) is 4.34 Å². The first-order valence-electron chi connectivity index (χ1n) is 6.81. The standard InChI is InChI=1S/C13H14ClNO4S4/c14-12-3-4-13(21-12)23(18,19)15-6-5-11(10-2-1-8-20-10)22(16,17)9-7-15/h1-4,8,11H,5-7,9H2/t11-/m1/s1. The first-order valence-corrected chi connectivity index (χ1v) is 12.0. The van der Waals surface area contributed by atoms with Crippen LogP contribution in [0.15, 0.2) is 33.9 Å². The second kappa shape index (κ2) is 6.45. The molecule has 0 amide bonds. The number of nitrogens with zero attached hydrogens (tertiary/aromatic N) is 1. The van der Waals surface area contributed by atoms with Gasteiger partial charge < -0.3 is 0 Å². The van der Waals surface area contributed by atoms with Gasteiger partial charge in [0, 0.05) is 18.0 Å². The summed E-state index contributed by atoms with van der Waals surface area (Å²) in [4.78, 5) is 0.767. The maximum absolute atomic E-state index is 12.6. The van der Waals surface area contributed by atoms with Gasteiger partial charge in [-0.3, -0.25) is 0 Å². The lowest BCUT2D eigenvalue weighted by molar-refractivity contribution is 0.430. The molecule has 5 nitrogen and oxygen atoms in total. The monoisotopic (exact) mass is 411 g/mol. The quantitative estimate of drug-likeness (QED) is 0.778. The number of thiophene rings is 2. The number of sulfonamides is 1. The fourth-order valence-corrected chi connectivity index (χ4v) is 8.73. The Morgan fingerprint density at radius 1 is 1.22 bits per heavy atom. The second-order valence-corrected chi connectivity index (χ2v) is 12.3. The highest BCUT2D eigenvalue weighted by atomic mass is 35.5. The number of halogens is 1. The molecule has 1 atom stereocenters.